The summed E-state index contributed by atoms with van der Waals surface area (Å²) in [6.45, 7) is 13.4. The fourth-order valence-electron chi connectivity index (χ4n) is 5.18. The number of pyridine rings is 1. The van der Waals surface area contributed by atoms with Gasteiger partial charge >= 0.3 is 0 Å². The number of carbonyl (C=O) groups excluding carboxylic acids is 2. The molecule has 2 amide bonds. The van der Waals surface area contributed by atoms with E-state index in [9.17, 15) is 9.59 Å². The van der Waals surface area contributed by atoms with E-state index in [1.165, 1.54) is 19.3 Å². The molecule has 1 aliphatic rings. The van der Waals surface area contributed by atoms with E-state index in [1.807, 2.05) is 39.9 Å². The van der Waals surface area contributed by atoms with Gasteiger partial charge in [0.05, 0.1) is 5.52 Å². The van der Waals surface area contributed by atoms with Crippen LogP contribution < -0.4 is 5.73 Å². The standard InChI is InChI=1S/C33H45N5O2/c1-24(2)13-19-37(20-14-25(3)4)33(40)28-15-21-38-30(23-28)29(12-9-18-36-16-6-5-7-17-36)31(35-38)26-10-8-11-27(22-26)32(34)39/h8-12,15,21-25H,5-7,13-14,16-20H2,1-4H3,(H2,34,39)/b12-9+. The molecule has 214 valence electrons. The first kappa shape index (κ1) is 29.5. The Kier molecular flexibility index (Phi) is 10.2. The lowest BCUT2D eigenvalue weighted by Crippen LogP contribution is -2.34. The van der Waals surface area contributed by atoms with Crippen LogP contribution in [0.15, 0.2) is 48.7 Å². The van der Waals surface area contributed by atoms with Crippen LogP contribution >= 0.6 is 0 Å². The average molecular weight is 544 g/mol. The van der Waals surface area contributed by atoms with Gasteiger partial charge in [0.15, 0.2) is 0 Å². The molecule has 0 saturated carbocycles. The molecule has 0 radical (unpaired) electrons. The maximum absolute atomic E-state index is 13.8. The number of carbonyl (C=O) groups is 2. The summed E-state index contributed by atoms with van der Waals surface area (Å²) in [4.78, 5) is 30.1. The first-order valence-electron chi connectivity index (χ1n) is 14.8. The van der Waals surface area contributed by atoms with Crippen molar-refractivity contribution in [3.63, 3.8) is 0 Å². The third kappa shape index (κ3) is 7.60. The largest absolute Gasteiger partial charge is 0.366 e. The van der Waals surface area contributed by atoms with Gasteiger partial charge in [0.25, 0.3) is 5.91 Å². The summed E-state index contributed by atoms with van der Waals surface area (Å²) >= 11 is 0. The van der Waals surface area contributed by atoms with E-state index in [2.05, 4.69) is 44.7 Å². The molecule has 2 aromatic heterocycles. The van der Waals surface area contributed by atoms with Gasteiger partial charge in [-0.2, -0.15) is 5.10 Å². The minimum absolute atomic E-state index is 0.0607. The van der Waals surface area contributed by atoms with Crippen molar-refractivity contribution >= 4 is 23.4 Å². The highest BCUT2D eigenvalue weighted by molar-refractivity contribution is 5.97. The summed E-state index contributed by atoms with van der Waals surface area (Å²) in [5.41, 5.74) is 10.1. The van der Waals surface area contributed by atoms with Crippen molar-refractivity contribution in [2.24, 2.45) is 17.6 Å². The Hall–Kier alpha value is -3.45. The van der Waals surface area contributed by atoms with Gasteiger partial charge in [-0.1, -0.05) is 58.4 Å². The van der Waals surface area contributed by atoms with Gasteiger partial charge in [0.2, 0.25) is 5.91 Å². The Labute approximate surface area is 239 Å². The second-order valence-electron chi connectivity index (χ2n) is 11.9. The van der Waals surface area contributed by atoms with Gasteiger partial charge in [0.1, 0.15) is 5.69 Å². The van der Waals surface area contributed by atoms with Crippen LogP contribution in [0.2, 0.25) is 0 Å². The second-order valence-corrected chi connectivity index (χ2v) is 11.9. The predicted octanol–water partition coefficient (Wildman–Crippen LogP) is 6.13. The van der Waals surface area contributed by atoms with Crippen molar-refractivity contribution in [1.29, 1.82) is 0 Å². The lowest BCUT2D eigenvalue weighted by molar-refractivity contribution is 0.0740. The van der Waals surface area contributed by atoms with Crippen molar-refractivity contribution in [3.8, 4) is 11.3 Å². The van der Waals surface area contributed by atoms with Crippen molar-refractivity contribution in [3.05, 3.63) is 65.4 Å². The monoisotopic (exact) mass is 543 g/mol. The number of amides is 2. The molecule has 0 atom stereocenters. The molecule has 0 unspecified atom stereocenters. The molecule has 7 heteroatoms. The van der Waals surface area contributed by atoms with Crippen LogP contribution in [0.4, 0.5) is 0 Å². The highest BCUT2D eigenvalue weighted by Crippen LogP contribution is 2.29. The molecule has 1 aliphatic heterocycles. The van der Waals surface area contributed by atoms with E-state index in [1.54, 1.807) is 12.1 Å². The number of rotatable bonds is 12. The van der Waals surface area contributed by atoms with Crippen molar-refractivity contribution in [1.82, 2.24) is 19.4 Å². The molecule has 40 heavy (non-hydrogen) atoms. The molecule has 1 aromatic carbocycles. The summed E-state index contributed by atoms with van der Waals surface area (Å²) in [5.74, 6) is 0.651. The normalized spacial score (nSPS) is 14.6. The van der Waals surface area contributed by atoms with Crippen LogP contribution in [-0.2, 0) is 0 Å². The molecule has 2 N–H and O–H groups in total. The smallest absolute Gasteiger partial charge is 0.253 e. The average Bonchev–Trinajstić information content (AvgIpc) is 3.31. The van der Waals surface area contributed by atoms with E-state index >= 15 is 0 Å². The topological polar surface area (TPSA) is 83.9 Å². The Morgan fingerprint density at radius 3 is 2.33 bits per heavy atom. The number of piperidine rings is 1. The minimum atomic E-state index is -0.469. The Balaban J connectivity index is 1.72. The van der Waals surface area contributed by atoms with Gasteiger partial charge in [-0.05, 0) is 74.9 Å². The third-order valence-corrected chi connectivity index (χ3v) is 7.68. The lowest BCUT2D eigenvalue weighted by Gasteiger charge is -2.25. The maximum Gasteiger partial charge on any atom is 0.253 e. The highest BCUT2D eigenvalue weighted by Gasteiger charge is 2.20. The second kappa shape index (κ2) is 13.8. The summed E-state index contributed by atoms with van der Waals surface area (Å²) in [7, 11) is 0. The van der Waals surface area contributed by atoms with Gasteiger partial charge in [-0.15, -0.1) is 0 Å². The van der Waals surface area contributed by atoms with E-state index in [4.69, 9.17) is 10.8 Å². The zero-order valence-electron chi connectivity index (χ0n) is 24.6. The number of benzene rings is 1. The molecule has 1 saturated heterocycles. The summed E-state index contributed by atoms with van der Waals surface area (Å²) < 4.78 is 1.83. The molecule has 0 aliphatic carbocycles. The van der Waals surface area contributed by atoms with E-state index in [0.717, 1.165) is 67.9 Å². The van der Waals surface area contributed by atoms with E-state index < -0.39 is 5.91 Å². The predicted molar refractivity (Wildman–Crippen MR) is 163 cm³/mol. The Morgan fingerprint density at radius 1 is 0.975 bits per heavy atom. The zero-order chi connectivity index (χ0) is 28.6. The van der Waals surface area contributed by atoms with Gasteiger partial charge in [-0.3, -0.25) is 14.5 Å². The van der Waals surface area contributed by atoms with Crippen LogP contribution in [0.5, 0.6) is 0 Å². The molecule has 3 heterocycles. The quantitative estimate of drug-likeness (QED) is 0.298. The molecule has 1 fully saturated rings. The number of nitrogens with two attached hydrogens (primary N) is 1. The van der Waals surface area contributed by atoms with Crippen LogP contribution in [0, 0.1) is 11.8 Å². The van der Waals surface area contributed by atoms with Crippen LogP contribution in [0.1, 0.15) is 86.1 Å². The molecule has 0 spiro atoms. The molecule has 0 bridgehead atoms. The van der Waals surface area contributed by atoms with Crippen molar-refractivity contribution in [2.75, 3.05) is 32.7 Å². The van der Waals surface area contributed by atoms with Crippen LogP contribution in [0.25, 0.3) is 22.9 Å². The fourth-order valence-corrected chi connectivity index (χ4v) is 5.18. The van der Waals surface area contributed by atoms with Crippen molar-refractivity contribution < 1.29 is 9.59 Å². The molecular formula is C33H45N5O2. The van der Waals surface area contributed by atoms with Crippen LogP contribution in [-0.4, -0.2) is 64.0 Å². The van der Waals surface area contributed by atoms with Gasteiger partial charge in [0, 0.05) is 48.1 Å². The molecule has 3 aromatic rings. The number of likely N-dealkylation sites (tertiary alicyclic amines) is 1. The minimum Gasteiger partial charge on any atom is -0.366 e. The first-order chi connectivity index (χ1) is 19.2. The number of fused-ring (bicyclic) bond motifs is 1. The molecule has 7 nitrogen and oxygen atoms in total. The first-order valence-corrected chi connectivity index (χ1v) is 14.8. The SMILES string of the molecule is CC(C)CCN(CCC(C)C)C(=O)c1ccn2nc(-c3cccc(C(N)=O)c3)c(/C=C/CN3CCCCC3)c2c1. The number of hydrogen-bond acceptors (Lipinski definition) is 4. The molecular weight excluding hydrogens is 498 g/mol. The number of hydrogen-bond donors (Lipinski definition) is 1. The van der Waals surface area contributed by atoms with Crippen LogP contribution in [0.3, 0.4) is 0 Å². The van der Waals surface area contributed by atoms with Gasteiger partial charge in [-0.25, -0.2) is 4.52 Å². The molecule has 4 rings (SSSR count). The summed E-state index contributed by atoms with van der Waals surface area (Å²) in [6, 6.07) is 11.1. The third-order valence-electron chi connectivity index (χ3n) is 7.68. The highest BCUT2D eigenvalue weighted by atomic mass is 16.2. The fraction of sp³-hybridized carbons (Fsp3) is 0.485. The van der Waals surface area contributed by atoms with Crippen molar-refractivity contribution in [2.45, 2.75) is 59.8 Å². The zero-order valence-corrected chi connectivity index (χ0v) is 24.6. The maximum atomic E-state index is 13.8. The van der Waals surface area contributed by atoms with E-state index in [-0.39, 0.29) is 5.91 Å². The van der Waals surface area contributed by atoms with E-state index in [0.29, 0.717) is 23.0 Å². The summed E-state index contributed by atoms with van der Waals surface area (Å²) in [6.07, 6.45) is 11.9. The number of primary amides is 1. The lowest BCUT2D eigenvalue weighted by atomic mass is 10.0. The Bertz CT molecular complexity index is 1320. The van der Waals surface area contributed by atoms with Gasteiger partial charge < -0.3 is 10.6 Å². The Morgan fingerprint density at radius 2 is 1.68 bits per heavy atom. The number of aromatic nitrogens is 2. The number of nitrogens with zero attached hydrogens (tertiary/aromatic N) is 4. The summed E-state index contributed by atoms with van der Waals surface area (Å²) in [5, 5.41) is 4.89.